The summed E-state index contributed by atoms with van der Waals surface area (Å²) in [6, 6.07) is 6.78. The standard InChI is InChI=1S/C15H23NO4/c1-15(2,19)9-12(13(16)8-14(17)18)10-4-6-11(20-3)7-5-10/h4-7,12-13,19H,8-9,16H2,1-3H3,(H,17,18)/t12-,13-/m0/s1. The second kappa shape index (κ2) is 6.72. The van der Waals surface area contributed by atoms with Crippen molar-refractivity contribution in [3.05, 3.63) is 29.8 Å². The second-order valence-electron chi connectivity index (χ2n) is 5.66. The van der Waals surface area contributed by atoms with Gasteiger partial charge in [0.15, 0.2) is 0 Å². The Bertz CT molecular complexity index is 436. The van der Waals surface area contributed by atoms with Crippen molar-refractivity contribution in [1.82, 2.24) is 0 Å². The predicted molar refractivity (Wildman–Crippen MR) is 76.9 cm³/mol. The highest BCUT2D eigenvalue weighted by Gasteiger charge is 2.28. The van der Waals surface area contributed by atoms with Crippen LogP contribution in [-0.4, -0.2) is 34.9 Å². The van der Waals surface area contributed by atoms with Gasteiger partial charge in [-0.2, -0.15) is 0 Å². The van der Waals surface area contributed by atoms with Crippen molar-refractivity contribution in [3.63, 3.8) is 0 Å². The molecule has 0 heterocycles. The van der Waals surface area contributed by atoms with Gasteiger partial charge in [0.05, 0.1) is 19.1 Å². The van der Waals surface area contributed by atoms with E-state index in [9.17, 15) is 9.90 Å². The van der Waals surface area contributed by atoms with Crippen LogP contribution >= 0.6 is 0 Å². The zero-order valence-electron chi connectivity index (χ0n) is 12.2. The lowest BCUT2D eigenvalue weighted by atomic mass is 9.82. The van der Waals surface area contributed by atoms with Crippen molar-refractivity contribution in [1.29, 1.82) is 0 Å². The maximum atomic E-state index is 10.8. The zero-order valence-corrected chi connectivity index (χ0v) is 12.2. The fraction of sp³-hybridized carbons (Fsp3) is 0.533. The first-order valence-electron chi connectivity index (χ1n) is 6.56. The molecule has 0 aromatic heterocycles. The number of aliphatic hydroxyl groups is 1. The van der Waals surface area contributed by atoms with Crippen molar-refractivity contribution in [2.45, 2.75) is 44.2 Å². The molecule has 0 fully saturated rings. The van der Waals surface area contributed by atoms with Gasteiger partial charge in [-0.05, 0) is 38.0 Å². The number of aliphatic carboxylic acids is 1. The van der Waals surface area contributed by atoms with Crippen LogP contribution in [0.3, 0.4) is 0 Å². The molecule has 2 atom stereocenters. The molecular weight excluding hydrogens is 258 g/mol. The number of benzene rings is 1. The zero-order chi connectivity index (χ0) is 15.3. The van der Waals surface area contributed by atoms with Gasteiger partial charge in [-0.15, -0.1) is 0 Å². The molecule has 1 aromatic rings. The molecule has 0 bridgehead atoms. The van der Waals surface area contributed by atoms with Crippen molar-refractivity contribution in [2.24, 2.45) is 5.73 Å². The Kier molecular flexibility index (Phi) is 5.53. The van der Waals surface area contributed by atoms with Crippen LogP contribution in [0.15, 0.2) is 24.3 Å². The van der Waals surface area contributed by atoms with Gasteiger partial charge < -0.3 is 20.7 Å². The van der Waals surface area contributed by atoms with E-state index in [1.807, 2.05) is 12.1 Å². The molecule has 0 radical (unpaired) electrons. The molecule has 0 aliphatic rings. The number of carbonyl (C=O) groups is 1. The van der Waals surface area contributed by atoms with Crippen molar-refractivity contribution < 1.29 is 19.7 Å². The summed E-state index contributed by atoms with van der Waals surface area (Å²) in [7, 11) is 1.58. The van der Waals surface area contributed by atoms with Crippen LogP contribution in [0.5, 0.6) is 5.75 Å². The molecule has 112 valence electrons. The first-order chi connectivity index (χ1) is 9.23. The lowest BCUT2D eigenvalue weighted by molar-refractivity contribution is -0.137. The Labute approximate surface area is 119 Å². The molecule has 5 nitrogen and oxygen atoms in total. The van der Waals surface area contributed by atoms with Gasteiger partial charge in [0.25, 0.3) is 0 Å². The van der Waals surface area contributed by atoms with E-state index >= 15 is 0 Å². The Hall–Kier alpha value is -1.59. The van der Waals surface area contributed by atoms with E-state index in [0.717, 1.165) is 11.3 Å². The summed E-state index contributed by atoms with van der Waals surface area (Å²) in [5.74, 6) is -0.439. The molecule has 4 N–H and O–H groups in total. The quantitative estimate of drug-likeness (QED) is 0.708. The summed E-state index contributed by atoms with van der Waals surface area (Å²) < 4.78 is 5.10. The van der Waals surface area contributed by atoms with Gasteiger partial charge in [-0.3, -0.25) is 4.79 Å². The molecule has 0 saturated heterocycles. The summed E-state index contributed by atoms with van der Waals surface area (Å²) in [5, 5.41) is 18.9. The van der Waals surface area contributed by atoms with Crippen molar-refractivity contribution in [3.8, 4) is 5.75 Å². The molecule has 20 heavy (non-hydrogen) atoms. The van der Waals surface area contributed by atoms with Crippen LogP contribution in [0.4, 0.5) is 0 Å². The third-order valence-corrected chi connectivity index (χ3v) is 3.19. The summed E-state index contributed by atoms with van der Waals surface area (Å²) >= 11 is 0. The first-order valence-corrected chi connectivity index (χ1v) is 6.56. The minimum atomic E-state index is -0.938. The monoisotopic (exact) mass is 281 g/mol. The largest absolute Gasteiger partial charge is 0.497 e. The molecule has 0 saturated carbocycles. The van der Waals surface area contributed by atoms with Gasteiger partial charge in [0, 0.05) is 12.0 Å². The average molecular weight is 281 g/mol. The number of carboxylic acids is 1. The van der Waals surface area contributed by atoms with E-state index in [1.54, 1.807) is 33.1 Å². The lowest BCUT2D eigenvalue weighted by Gasteiger charge is -2.29. The lowest BCUT2D eigenvalue weighted by Crippen LogP contribution is -2.35. The van der Waals surface area contributed by atoms with Crippen LogP contribution in [0.25, 0.3) is 0 Å². The van der Waals surface area contributed by atoms with E-state index in [-0.39, 0.29) is 12.3 Å². The minimum absolute atomic E-state index is 0.132. The smallest absolute Gasteiger partial charge is 0.304 e. The second-order valence-corrected chi connectivity index (χ2v) is 5.66. The highest BCUT2D eigenvalue weighted by molar-refractivity contribution is 5.67. The van der Waals surface area contributed by atoms with E-state index in [0.29, 0.717) is 6.42 Å². The van der Waals surface area contributed by atoms with Crippen LogP contribution in [0.2, 0.25) is 0 Å². The van der Waals surface area contributed by atoms with E-state index in [4.69, 9.17) is 15.6 Å². The fourth-order valence-corrected chi connectivity index (χ4v) is 2.25. The summed E-state index contributed by atoms with van der Waals surface area (Å²) in [4.78, 5) is 10.8. The normalized spacial score (nSPS) is 14.7. The van der Waals surface area contributed by atoms with Gasteiger partial charge in [-0.1, -0.05) is 12.1 Å². The van der Waals surface area contributed by atoms with E-state index < -0.39 is 17.6 Å². The van der Waals surface area contributed by atoms with Crippen LogP contribution in [0.1, 0.15) is 38.2 Å². The van der Waals surface area contributed by atoms with Gasteiger partial charge in [0.2, 0.25) is 0 Å². The fourth-order valence-electron chi connectivity index (χ4n) is 2.25. The van der Waals surface area contributed by atoms with Crippen molar-refractivity contribution >= 4 is 5.97 Å². The SMILES string of the molecule is COc1ccc([C@H](CC(C)(C)O)[C@@H](N)CC(=O)O)cc1. The molecule has 5 heteroatoms. The molecule has 0 aliphatic carbocycles. The van der Waals surface area contributed by atoms with Crippen LogP contribution in [-0.2, 0) is 4.79 Å². The summed E-state index contributed by atoms with van der Waals surface area (Å²) in [6.45, 7) is 3.38. The van der Waals surface area contributed by atoms with Gasteiger partial charge >= 0.3 is 5.97 Å². The number of nitrogens with two attached hydrogens (primary N) is 1. The molecule has 0 amide bonds. The highest BCUT2D eigenvalue weighted by atomic mass is 16.5. The number of hydrogen-bond donors (Lipinski definition) is 3. The summed E-state index contributed by atoms with van der Waals surface area (Å²) in [5.41, 5.74) is 5.99. The maximum absolute atomic E-state index is 10.8. The average Bonchev–Trinajstić information content (AvgIpc) is 2.34. The summed E-state index contributed by atoms with van der Waals surface area (Å²) in [6.07, 6.45) is 0.264. The Morgan fingerprint density at radius 1 is 1.35 bits per heavy atom. The Morgan fingerprint density at radius 2 is 1.90 bits per heavy atom. The number of ether oxygens (including phenoxy) is 1. The molecule has 0 spiro atoms. The van der Waals surface area contributed by atoms with Crippen LogP contribution in [0, 0.1) is 0 Å². The molecule has 0 aliphatic heterocycles. The predicted octanol–water partition coefficient (Wildman–Crippen LogP) is 1.74. The minimum Gasteiger partial charge on any atom is -0.497 e. The molecule has 0 unspecified atom stereocenters. The molecule has 1 rings (SSSR count). The Morgan fingerprint density at radius 3 is 2.30 bits per heavy atom. The number of hydrogen-bond acceptors (Lipinski definition) is 4. The maximum Gasteiger partial charge on any atom is 0.304 e. The molecule has 1 aromatic carbocycles. The third kappa shape index (κ3) is 5.19. The number of rotatable bonds is 7. The van der Waals surface area contributed by atoms with Crippen LogP contribution < -0.4 is 10.5 Å². The Balaban J connectivity index is 2.98. The van der Waals surface area contributed by atoms with Crippen molar-refractivity contribution in [2.75, 3.05) is 7.11 Å². The van der Waals surface area contributed by atoms with Gasteiger partial charge in [0.1, 0.15) is 5.75 Å². The van der Waals surface area contributed by atoms with E-state index in [2.05, 4.69) is 0 Å². The molecular formula is C15H23NO4. The third-order valence-electron chi connectivity index (χ3n) is 3.19. The van der Waals surface area contributed by atoms with E-state index in [1.165, 1.54) is 0 Å². The number of carboxylic acid groups (broad SMARTS) is 1. The number of methoxy groups -OCH3 is 1. The topological polar surface area (TPSA) is 92.8 Å². The first kappa shape index (κ1) is 16.5. The highest BCUT2D eigenvalue weighted by Crippen LogP contribution is 2.30. The van der Waals surface area contributed by atoms with Gasteiger partial charge in [-0.25, -0.2) is 0 Å².